The van der Waals surface area contributed by atoms with Crippen LogP contribution in [0.2, 0.25) is 0 Å². The van der Waals surface area contributed by atoms with Crippen molar-refractivity contribution in [1.82, 2.24) is 10.2 Å². The number of halogens is 1. The lowest BCUT2D eigenvalue weighted by atomic mass is 10.0. The predicted molar refractivity (Wildman–Crippen MR) is 161 cm³/mol. The fraction of sp³-hybridized carbons (Fsp3) is 0.355. The largest absolute Gasteiger partial charge is 1.00 e. The van der Waals surface area contributed by atoms with E-state index in [1.807, 2.05) is 30.3 Å². The second-order valence-electron chi connectivity index (χ2n) is 10.9. The summed E-state index contributed by atoms with van der Waals surface area (Å²) >= 11 is 1.43. The van der Waals surface area contributed by atoms with Crippen LogP contribution in [0, 0.1) is 0 Å². The molecule has 3 amide bonds. The normalized spacial score (nSPS) is 18.5. The molecule has 2 aromatic carbocycles. The second-order valence-corrected chi connectivity index (χ2v) is 12.0. The maximum atomic E-state index is 13.5. The molecule has 0 saturated carbocycles. The van der Waals surface area contributed by atoms with Gasteiger partial charge in [0.05, 0.1) is 34.2 Å². The molecule has 0 aliphatic carbocycles. The number of aliphatic hydroxyl groups is 1. The monoisotopic (exact) mass is 736 g/mol. The van der Waals surface area contributed by atoms with Crippen LogP contribution in [-0.4, -0.2) is 95.7 Å². The van der Waals surface area contributed by atoms with Gasteiger partial charge in [0.15, 0.2) is 6.04 Å². The van der Waals surface area contributed by atoms with Crippen molar-refractivity contribution in [3.8, 4) is 5.75 Å². The highest BCUT2D eigenvalue weighted by Gasteiger charge is 2.54. The van der Waals surface area contributed by atoms with Gasteiger partial charge in [0.2, 0.25) is 5.91 Å². The van der Waals surface area contributed by atoms with E-state index in [0.29, 0.717) is 23.6 Å². The maximum Gasteiger partial charge on any atom is 0.355 e. The number of nitrogens with two attached hydrogens (primary N) is 1. The number of thioether (sulfide) groups is 1. The van der Waals surface area contributed by atoms with Crippen LogP contribution in [0.25, 0.3) is 0 Å². The SMILES string of the molecule is COc1ccc(COC(=O)C2=C(/C=C/C[N+](C)(C)[C@H](CO)C(N)=O)CS[C@H]3[C@H](NC(=O)Cc4ccccc4)C(=O)N23)cc1.[I-]. The molecular formula is C31H37IN4O7S. The molecule has 2 aliphatic rings. The van der Waals surface area contributed by atoms with E-state index >= 15 is 0 Å². The molecule has 0 unspecified atom stereocenters. The van der Waals surface area contributed by atoms with Crippen molar-refractivity contribution in [3.63, 3.8) is 0 Å². The first-order valence-electron chi connectivity index (χ1n) is 13.8. The van der Waals surface area contributed by atoms with Gasteiger partial charge >= 0.3 is 5.97 Å². The van der Waals surface area contributed by atoms with E-state index in [0.717, 1.165) is 11.1 Å². The summed E-state index contributed by atoms with van der Waals surface area (Å²) in [5, 5.41) is 12.0. The van der Waals surface area contributed by atoms with Crippen molar-refractivity contribution in [3.05, 3.63) is 89.1 Å². The van der Waals surface area contributed by atoms with Crippen LogP contribution in [0.1, 0.15) is 11.1 Å². The number of nitrogens with zero attached hydrogens (tertiary/aromatic N) is 2. The first kappa shape index (κ1) is 35.1. The van der Waals surface area contributed by atoms with Gasteiger partial charge in [0.1, 0.15) is 36.1 Å². The topological polar surface area (TPSA) is 148 Å². The molecule has 4 N–H and O–H groups in total. The Morgan fingerprint density at radius 2 is 1.82 bits per heavy atom. The fourth-order valence-corrected chi connectivity index (χ4v) is 6.27. The molecule has 1 fully saturated rings. The molecule has 0 bridgehead atoms. The number of esters is 1. The Kier molecular flexibility index (Phi) is 12.4. The van der Waals surface area contributed by atoms with E-state index in [2.05, 4.69) is 5.32 Å². The van der Waals surface area contributed by atoms with Gasteiger partial charge in [-0.3, -0.25) is 19.3 Å². The Balaban J connectivity index is 0.00000529. The number of rotatable bonds is 13. The number of β-lactam (4-membered cyclic amide) rings is 1. The van der Waals surface area contributed by atoms with Gasteiger partial charge in [-0.1, -0.05) is 48.5 Å². The van der Waals surface area contributed by atoms with Crippen LogP contribution in [0.3, 0.4) is 0 Å². The molecular weight excluding hydrogens is 699 g/mol. The molecule has 13 heteroatoms. The highest BCUT2D eigenvalue weighted by Crippen LogP contribution is 2.41. The molecule has 236 valence electrons. The Morgan fingerprint density at radius 1 is 1.14 bits per heavy atom. The summed E-state index contributed by atoms with van der Waals surface area (Å²) in [5.41, 5.74) is 7.72. The minimum atomic E-state index is -0.810. The lowest BCUT2D eigenvalue weighted by Crippen LogP contribution is -3.00. The molecule has 2 aromatic rings. The lowest BCUT2D eigenvalue weighted by molar-refractivity contribution is -0.900. The van der Waals surface area contributed by atoms with Crippen molar-refractivity contribution in [2.24, 2.45) is 5.73 Å². The summed E-state index contributed by atoms with van der Waals surface area (Å²) < 4.78 is 10.9. The second kappa shape index (κ2) is 15.5. The van der Waals surface area contributed by atoms with Gasteiger partial charge in [0.25, 0.3) is 11.8 Å². The number of aliphatic hydroxyl groups excluding tert-OH is 1. The van der Waals surface area contributed by atoms with Crippen LogP contribution in [0.4, 0.5) is 0 Å². The number of amides is 3. The minimum Gasteiger partial charge on any atom is -1.00 e. The number of methoxy groups -OCH3 is 1. The Labute approximate surface area is 278 Å². The van der Waals surface area contributed by atoms with Crippen molar-refractivity contribution in [2.75, 3.05) is 40.1 Å². The van der Waals surface area contributed by atoms with E-state index in [1.54, 1.807) is 57.6 Å². The number of carbonyl (C=O) groups is 4. The average molecular weight is 737 g/mol. The van der Waals surface area contributed by atoms with Crippen LogP contribution in [-0.2, 0) is 36.9 Å². The van der Waals surface area contributed by atoms with Crippen LogP contribution < -0.4 is 39.8 Å². The van der Waals surface area contributed by atoms with Crippen molar-refractivity contribution >= 4 is 35.5 Å². The summed E-state index contributed by atoms with van der Waals surface area (Å²) in [5.74, 6) is -0.907. The molecule has 0 aromatic heterocycles. The van der Waals surface area contributed by atoms with E-state index < -0.39 is 41.8 Å². The molecule has 3 atom stereocenters. The van der Waals surface area contributed by atoms with Crippen LogP contribution in [0.5, 0.6) is 5.75 Å². The first-order valence-corrected chi connectivity index (χ1v) is 14.8. The van der Waals surface area contributed by atoms with Gasteiger partial charge in [-0.2, -0.15) is 0 Å². The van der Waals surface area contributed by atoms with E-state index in [-0.39, 0.29) is 53.1 Å². The number of hydrogen-bond donors (Lipinski definition) is 3. The standard InChI is InChI=1S/C31H36N4O7S.HI/c1-35(2,24(17-36)28(32)38)15-7-10-22-19-43-30-26(33-25(37)16-20-8-5-4-6-9-20)29(39)34(30)27(22)31(40)42-18-21-11-13-23(41-3)14-12-21;/h4-14,24,26,30,36H,15-19H2,1-3H3,(H2-,32,33,37,38);1H/b10-7+;/t24-,26-,30+;/m1./s1. The Morgan fingerprint density at radius 3 is 2.43 bits per heavy atom. The molecule has 2 aliphatic heterocycles. The number of fused-ring (bicyclic) bond motifs is 1. The summed E-state index contributed by atoms with van der Waals surface area (Å²) in [6.45, 7) is -0.0911. The zero-order valence-corrected chi connectivity index (χ0v) is 27.7. The zero-order chi connectivity index (χ0) is 31.1. The summed E-state index contributed by atoms with van der Waals surface area (Å²) in [7, 11) is 5.09. The molecule has 0 spiro atoms. The van der Waals surface area contributed by atoms with Crippen molar-refractivity contribution in [1.29, 1.82) is 0 Å². The number of allylic oxidation sites excluding steroid dienone is 1. The number of quaternary nitrogens is 1. The third kappa shape index (κ3) is 8.20. The van der Waals surface area contributed by atoms with Gasteiger partial charge in [0, 0.05) is 5.75 Å². The molecule has 1 saturated heterocycles. The highest BCUT2D eigenvalue weighted by atomic mass is 127. The van der Waals surface area contributed by atoms with E-state index in [4.69, 9.17) is 15.2 Å². The summed E-state index contributed by atoms with van der Waals surface area (Å²) in [4.78, 5) is 52.8. The molecule has 44 heavy (non-hydrogen) atoms. The number of primary amides is 1. The maximum absolute atomic E-state index is 13.5. The first-order chi connectivity index (χ1) is 20.6. The number of ether oxygens (including phenoxy) is 2. The zero-order valence-electron chi connectivity index (χ0n) is 24.8. The molecule has 0 radical (unpaired) electrons. The van der Waals surface area contributed by atoms with Crippen molar-refractivity contribution in [2.45, 2.75) is 30.5 Å². The predicted octanol–water partition coefficient (Wildman–Crippen LogP) is -1.88. The number of carbonyl (C=O) groups excluding carboxylic acids is 4. The lowest BCUT2D eigenvalue weighted by Gasteiger charge is -2.49. The van der Waals surface area contributed by atoms with E-state index in [1.165, 1.54) is 16.7 Å². The Hall–Kier alpha value is -3.40. The number of benzene rings is 2. The molecule has 4 rings (SSSR count). The molecule has 2 heterocycles. The van der Waals surface area contributed by atoms with Crippen LogP contribution in [0.15, 0.2) is 78.0 Å². The third-order valence-corrected chi connectivity index (χ3v) is 8.79. The minimum absolute atomic E-state index is 0. The quantitative estimate of drug-likeness (QED) is 0.0938. The smallest absolute Gasteiger partial charge is 0.355 e. The summed E-state index contributed by atoms with van der Waals surface area (Å²) in [6.07, 6.45) is 3.65. The molecule has 11 nitrogen and oxygen atoms in total. The van der Waals surface area contributed by atoms with Gasteiger partial charge in [-0.05, 0) is 34.9 Å². The summed E-state index contributed by atoms with van der Waals surface area (Å²) in [6, 6.07) is 14.7. The Bertz CT molecular complexity index is 1420. The highest BCUT2D eigenvalue weighted by molar-refractivity contribution is 8.00. The average Bonchev–Trinajstić information content (AvgIpc) is 2.99. The van der Waals surface area contributed by atoms with E-state index in [9.17, 15) is 24.3 Å². The number of nitrogens with one attached hydrogen (secondary N) is 1. The fourth-order valence-electron chi connectivity index (χ4n) is 4.95. The van der Waals surface area contributed by atoms with Gasteiger partial charge in [-0.15, -0.1) is 11.8 Å². The van der Waals surface area contributed by atoms with Gasteiger partial charge in [-0.25, -0.2) is 4.79 Å². The number of hydrogen-bond acceptors (Lipinski definition) is 8. The van der Waals surface area contributed by atoms with Crippen LogP contribution >= 0.6 is 11.8 Å². The van der Waals surface area contributed by atoms with Crippen molar-refractivity contribution < 1.29 is 62.2 Å². The van der Waals surface area contributed by atoms with Gasteiger partial charge < -0.3 is 54.1 Å². The third-order valence-electron chi connectivity index (χ3n) is 7.48. The number of likely N-dealkylation sites (N-methyl/N-ethyl adjacent to an activating group) is 1.